The summed E-state index contributed by atoms with van der Waals surface area (Å²) in [6.07, 6.45) is 2.23. The molecule has 0 aliphatic rings. The molecule has 0 saturated carbocycles. The van der Waals surface area contributed by atoms with Crippen LogP contribution in [-0.2, 0) is 6.54 Å². The lowest BCUT2D eigenvalue weighted by Gasteiger charge is -2.09. The highest BCUT2D eigenvalue weighted by atomic mass is 16.5. The van der Waals surface area contributed by atoms with Crippen molar-refractivity contribution in [1.29, 1.82) is 0 Å². The number of rotatable bonds is 6. The van der Waals surface area contributed by atoms with E-state index in [0.717, 1.165) is 24.4 Å². The third kappa shape index (κ3) is 3.17. The molecule has 0 radical (unpaired) electrons. The van der Waals surface area contributed by atoms with Crippen molar-refractivity contribution >= 4 is 5.82 Å². The highest BCUT2D eigenvalue weighted by molar-refractivity contribution is 5.47. The fraction of sp³-hybridized carbons (Fsp3) is 0.462. The summed E-state index contributed by atoms with van der Waals surface area (Å²) in [5.41, 5.74) is 1.88. The summed E-state index contributed by atoms with van der Waals surface area (Å²) in [4.78, 5) is 18.0. The molecule has 0 aliphatic heterocycles. The lowest BCUT2D eigenvalue weighted by molar-refractivity contribution is 0.408. The summed E-state index contributed by atoms with van der Waals surface area (Å²) in [6.45, 7) is 5.52. The summed E-state index contributed by atoms with van der Waals surface area (Å²) in [5.74, 6) is 0.670. The van der Waals surface area contributed by atoms with E-state index in [4.69, 9.17) is 4.74 Å². The SMILES string of the molecule is COc1c(NCCCn2nc(C)cc2C)nc[nH]c1=O. The molecule has 108 valence electrons. The van der Waals surface area contributed by atoms with Gasteiger partial charge in [-0.25, -0.2) is 4.98 Å². The molecule has 0 saturated heterocycles. The Morgan fingerprint density at radius 1 is 1.45 bits per heavy atom. The summed E-state index contributed by atoms with van der Waals surface area (Å²) in [5, 5.41) is 7.50. The standard InChI is InChI=1S/C13H19N5O2/c1-9-7-10(2)18(17-9)6-4-5-14-12-11(20-3)13(19)16-8-15-12/h7-8H,4-6H2,1-3H3,(H2,14,15,16,19). The van der Waals surface area contributed by atoms with E-state index in [2.05, 4.69) is 26.4 Å². The number of nitrogens with zero attached hydrogens (tertiary/aromatic N) is 3. The van der Waals surface area contributed by atoms with E-state index in [9.17, 15) is 4.79 Å². The Morgan fingerprint density at radius 3 is 2.90 bits per heavy atom. The molecule has 7 nitrogen and oxygen atoms in total. The van der Waals surface area contributed by atoms with E-state index in [1.807, 2.05) is 18.5 Å². The van der Waals surface area contributed by atoms with Gasteiger partial charge in [-0.3, -0.25) is 9.48 Å². The average molecular weight is 277 g/mol. The third-order valence-corrected chi connectivity index (χ3v) is 2.96. The second kappa shape index (κ2) is 6.23. The minimum Gasteiger partial charge on any atom is -0.489 e. The molecule has 0 aromatic carbocycles. The molecule has 0 aliphatic carbocycles. The van der Waals surface area contributed by atoms with Gasteiger partial charge in [-0.05, 0) is 26.3 Å². The van der Waals surface area contributed by atoms with Crippen LogP contribution in [0.2, 0.25) is 0 Å². The van der Waals surface area contributed by atoms with Crippen molar-refractivity contribution in [3.8, 4) is 5.75 Å². The van der Waals surface area contributed by atoms with Crippen LogP contribution in [-0.4, -0.2) is 33.4 Å². The topological polar surface area (TPSA) is 84.8 Å². The summed E-state index contributed by atoms with van der Waals surface area (Å²) in [6, 6.07) is 2.05. The molecule has 0 unspecified atom stereocenters. The molecule has 20 heavy (non-hydrogen) atoms. The largest absolute Gasteiger partial charge is 0.489 e. The molecule has 2 heterocycles. The fourth-order valence-corrected chi connectivity index (χ4v) is 2.04. The lowest BCUT2D eigenvalue weighted by atomic mass is 10.3. The Kier molecular flexibility index (Phi) is 4.39. The molecule has 0 amide bonds. The number of aryl methyl sites for hydroxylation is 3. The van der Waals surface area contributed by atoms with E-state index in [1.54, 1.807) is 0 Å². The first kappa shape index (κ1) is 14.1. The average Bonchev–Trinajstić information content (AvgIpc) is 2.73. The van der Waals surface area contributed by atoms with Gasteiger partial charge in [0.05, 0.1) is 19.1 Å². The number of hydrogen-bond donors (Lipinski definition) is 2. The van der Waals surface area contributed by atoms with E-state index < -0.39 is 0 Å². The maximum atomic E-state index is 11.5. The smallest absolute Gasteiger partial charge is 0.295 e. The van der Waals surface area contributed by atoms with Gasteiger partial charge in [-0.15, -0.1) is 0 Å². The number of nitrogens with one attached hydrogen (secondary N) is 2. The van der Waals surface area contributed by atoms with E-state index in [1.165, 1.54) is 13.4 Å². The lowest BCUT2D eigenvalue weighted by Crippen LogP contribution is -2.15. The normalized spacial score (nSPS) is 10.6. The number of aromatic nitrogens is 4. The van der Waals surface area contributed by atoms with E-state index >= 15 is 0 Å². The number of methoxy groups -OCH3 is 1. The molecule has 0 spiro atoms. The Balaban J connectivity index is 1.89. The molecule has 2 aromatic heterocycles. The summed E-state index contributed by atoms with van der Waals surface area (Å²) < 4.78 is 7.00. The first-order chi connectivity index (χ1) is 9.61. The van der Waals surface area contributed by atoms with Gasteiger partial charge in [-0.1, -0.05) is 0 Å². The maximum absolute atomic E-state index is 11.5. The Labute approximate surface area is 117 Å². The molecule has 0 bridgehead atoms. The van der Waals surface area contributed by atoms with Crippen molar-refractivity contribution in [3.63, 3.8) is 0 Å². The van der Waals surface area contributed by atoms with Gasteiger partial charge in [0.25, 0.3) is 5.56 Å². The number of aromatic amines is 1. The Hall–Kier alpha value is -2.31. The van der Waals surface area contributed by atoms with Gasteiger partial charge in [0, 0.05) is 18.8 Å². The quantitative estimate of drug-likeness (QED) is 0.772. The number of anilines is 1. The molecule has 7 heteroatoms. The van der Waals surface area contributed by atoms with Crippen LogP contribution >= 0.6 is 0 Å². The highest BCUT2D eigenvalue weighted by Gasteiger charge is 2.08. The van der Waals surface area contributed by atoms with Gasteiger partial charge in [0.2, 0.25) is 5.75 Å². The maximum Gasteiger partial charge on any atom is 0.295 e. The van der Waals surface area contributed by atoms with Crippen molar-refractivity contribution < 1.29 is 4.74 Å². The number of hydrogen-bond acceptors (Lipinski definition) is 5. The van der Waals surface area contributed by atoms with Crippen molar-refractivity contribution in [2.45, 2.75) is 26.8 Å². The van der Waals surface area contributed by atoms with Crippen molar-refractivity contribution in [3.05, 3.63) is 34.1 Å². The predicted octanol–water partition coefficient (Wildman–Crippen LogP) is 1.09. The monoisotopic (exact) mass is 277 g/mol. The van der Waals surface area contributed by atoms with Crippen molar-refractivity contribution in [2.24, 2.45) is 0 Å². The summed E-state index contributed by atoms with van der Waals surface area (Å²) in [7, 11) is 1.45. The van der Waals surface area contributed by atoms with Crippen molar-refractivity contribution in [1.82, 2.24) is 19.7 Å². The van der Waals surface area contributed by atoms with Gasteiger partial charge < -0.3 is 15.0 Å². The molecule has 0 fully saturated rings. The Bertz CT molecular complexity index is 632. The van der Waals surface area contributed by atoms with E-state index in [0.29, 0.717) is 12.4 Å². The van der Waals surface area contributed by atoms with Crippen LogP contribution < -0.4 is 15.6 Å². The molecule has 2 rings (SSSR count). The van der Waals surface area contributed by atoms with Gasteiger partial charge in [0.1, 0.15) is 0 Å². The minimum atomic E-state index is -0.288. The number of H-pyrrole nitrogens is 1. The van der Waals surface area contributed by atoms with Crippen LogP contribution in [0.5, 0.6) is 5.75 Å². The second-order valence-corrected chi connectivity index (χ2v) is 4.54. The second-order valence-electron chi connectivity index (χ2n) is 4.54. The molecular weight excluding hydrogens is 258 g/mol. The van der Waals surface area contributed by atoms with Crippen LogP contribution in [0.3, 0.4) is 0 Å². The predicted molar refractivity (Wildman–Crippen MR) is 76.2 cm³/mol. The Morgan fingerprint density at radius 2 is 2.25 bits per heavy atom. The minimum absolute atomic E-state index is 0.207. The molecule has 2 N–H and O–H groups in total. The third-order valence-electron chi connectivity index (χ3n) is 2.96. The van der Waals surface area contributed by atoms with Gasteiger partial charge in [0.15, 0.2) is 5.82 Å². The molecule has 2 aromatic rings. The first-order valence-electron chi connectivity index (χ1n) is 6.48. The highest BCUT2D eigenvalue weighted by Crippen LogP contribution is 2.14. The zero-order chi connectivity index (χ0) is 14.5. The molecule has 0 atom stereocenters. The van der Waals surface area contributed by atoms with E-state index in [-0.39, 0.29) is 11.3 Å². The van der Waals surface area contributed by atoms with Crippen LogP contribution in [0.15, 0.2) is 17.2 Å². The van der Waals surface area contributed by atoms with Crippen LogP contribution in [0, 0.1) is 13.8 Å². The van der Waals surface area contributed by atoms with Crippen LogP contribution in [0.4, 0.5) is 5.82 Å². The van der Waals surface area contributed by atoms with Gasteiger partial charge in [-0.2, -0.15) is 5.10 Å². The van der Waals surface area contributed by atoms with Gasteiger partial charge >= 0.3 is 0 Å². The van der Waals surface area contributed by atoms with Crippen molar-refractivity contribution in [2.75, 3.05) is 19.0 Å². The first-order valence-corrected chi connectivity index (χ1v) is 6.48. The zero-order valence-electron chi connectivity index (χ0n) is 11.9. The number of ether oxygens (including phenoxy) is 1. The van der Waals surface area contributed by atoms with Crippen LogP contribution in [0.1, 0.15) is 17.8 Å². The zero-order valence-corrected chi connectivity index (χ0v) is 11.9. The van der Waals surface area contributed by atoms with Crippen LogP contribution in [0.25, 0.3) is 0 Å². The molecular formula is C13H19N5O2. The summed E-state index contributed by atoms with van der Waals surface area (Å²) >= 11 is 0. The fourth-order valence-electron chi connectivity index (χ4n) is 2.04.